The van der Waals surface area contributed by atoms with Gasteiger partial charge in [0.2, 0.25) is 0 Å². The van der Waals surface area contributed by atoms with Gasteiger partial charge in [-0.3, -0.25) is 9.78 Å². The molecule has 6 aromatic heterocycles. The quantitative estimate of drug-likeness (QED) is 0.0319. The summed E-state index contributed by atoms with van der Waals surface area (Å²) in [5.41, 5.74) is 52.2. The van der Waals surface area contributed by atoms with Gasteiger partial charge < -0.3 is 59.1 Å². The predicted molar refractivity (Wildman–Crippen MR) is 488 cm³/mol. The lowest BCUT2D eigenvalue weighted by molar-refractivity contribution is 0.0827. The molecule has 0 unspecified atom stereocenters. The van der Waals surface area contributed by atoms with Crippen LogP contribution in [0.5, 0.6) is 0 Å². The molecule has 9 aromatic carbocycles. The number of rotatable bonds is 21. The fourth-order valence-corrected chi connectivity index (χ4v) is 14.2. The highest BCUT2D eigenvalue weighted by Gasteiger charge is 2.24. The van der Waals surface area contributed by atoms with E-state index in [0.717, 1.165) is 107 Å². The molecule has 126 heavy (non-hydrogen) atoms. The van der Waals surface area contributed by atoms with Gasteiger partial charge in [0.1, 0.15) is 11.6 Å². The first kappa shape index (κ1) is 93.9. The van der Waals surface area contributed by atoms with Gasteiger partial charge in [0.15, 0.2) is 5.82 Å². The molecule has 0 bridgehead atoms. The van der Waals surface area contributed by atoms with Crippen LogP contribution in [0.3, 0.4) is 0 Å². The largest absolute Gasteiger partial charge is 0.390 e. The third kappa shape index (κ3) is 23.0. The number of aryl methyl sites for hydroxylation is 5. The van der Waals surface area contributed by atoms with Gasteiger partial charge in [0.25, 0.3) is 5.91 Å². The van der Waals surface area contributed by atoms with E-state index in [2.05, 4.69) is 49.8 Å². The number of amides is 1. The Morgan fingerprint density at radius 1 is 0.325 bits per heavy atom. The highest BCUT2D eigenvalue weighted by molar-refractivity contribution is 6.31. The van der Waals surface area contributed by atoms with Crippen LogP contribution in [-0.2, 0) is 65.8 Å². The van der Waals surface area contributed by atoms with Gasteiger partial charge in [-0.15, -0.1) is 0 Å². The Kier molecular flexibility index (Phi) is 33.0. The Morgan fingerprint density at radius 3 is 0.976 bits per heavy atom. The van der Waals surface area contributed by atoms with Crippen LogP contribution in [0.15, 0.2) is 225 Å². The van der Waals surface area contributed by atoms with Crippen molar-refractivity contribution in [2.24, 2.45) is 28.7 Å². The monoisotopic (exact) mass is 1750 g/mol. The standard InChI is InChI=1S/C22H24N4O2.C19H17ClFN3O.C19H18ClN3O.C19H17F2N3O.C18H17ClN4O/c1-14-20(17-8-5-9-18(11-17)22(28)26(2)3)25-19(13-27)21(24-14)16-7-4-6-15(10-16)12-23;1-11-18(14-6-3-7-15(20)17(14)21)24-16(10-25)19(23-11)13-5-2-4-12(8-13)9-22;1-12-18(15-6-3-7-16(20)9-15)23-17(11-24)19(22-12)14-5-2-4-13(8-14)10-21;1-11-18(15-6-5-14(20)8-16(15)21)24-17(10-25)19(23-11)13-4-2-3-12(7-13)9-22;1-11-17(14-6-15(19)9-21-8-14)23-16(10-24)18(22-11)13-4-2-3-12(5-13)7-20/h4-11,27H,12-13,23H2,1-3H3;2-8,25H,9-10,22H2,1H3;2-9,24H,10-11,21H2,1H3;2-8,25H,9-10,22H2,1H3;2-6,8-9,24H,7,10,20H2,1H3. The van der Waals surface area contributed by atoms with Crippen molar-refractivity contribution in [2.45, 2.75) is 100 Å². The van der Waals surface area contributed by atoms with E-state index >= 15 is 0 Å². The molecule has 644 valence electrons. The second-order valence-electron chi connectivity index (χ2n) is 29.0. The van der Waals surface area contributed by atoms with Crippen molar-refractivity contribution in [1.82, 2.24) is 59.7 Å². The van der Waals surface area contributed by atoms with Gasteiger partial charge in [-0.2, -0.15) is 0 Å². The van der Waals surface area contributed by atoms with E-state index in [1.54, 1.807) is 70.7 Å². The molecule has 0 aliphatic heterocycles. The first-order valence-electron chi connectivity index (χ1n) is 39.7. The Labute approximate surface area is 742 Å². The fourth-order valence-electron chi connectivity index (χ4n) is 13.6. The summed E-state index contributed by atoms with van der Waals surface area (Å²) in [7, 11) is 3.43. The molecule has 1 amide bonds. The summed E-state index contributed by atoms with van der Waals surface area (Å²) in [5.74, 6) is -2.02. The van der Waals surface area contributed by atoms with Gasteiger partial charge in [0, 0.05) is 131 Å². The lowest BCUT2D eigenvalue weighted by atomic mass is 10.0. The lowest BCUT2D eigenvalue weighted by Gasteiger charge is -2.14. The third-order valence-corrected chi connectivity index (χ3v) is 20.6. The summed E-state index contributed by atoms with van der Waals surface area (Å²) >= 11 is 17.9. The van der Waals surface area contributed by atoms with E-state index in [4.69, 9.17) is 68.5 Å². The maximum atomic E-state index is 14.3. The number of halogens is 6. The van der Waals surface area contributed by atoms with Gasteiger partial charge in [-0.25, -0.2) is 63.0 Å². The minimum atomic E-state index is -0.723. The number of aliphatic hydroxyl groups excluding tert-OH is 5. The van der Waals surface area contributed by atoms with E-state index in [9.17, 15) is 43.5 Å². The van der Waals surface area contributed by atoms with Crippen LogP contribution in [-0.4, -0.2) is 105 Å². The van der Waals surface area contributed by atoms with Gasteiger partial charge in [0.05, 0.1) is 157 Å². The number of hydrogen-bond donors (Lipinski definition) is 10. The SMILES string of the molecule is Cc1nc(-c2cccc(CN)c2)c(CO)nc1-c1ccc(F)cc1F.Cc1nc(-c2cccc(CN)c2)c(CO)nc1-c1cccc(C(=O)N(C)C)c1.Cc1nc(-c2cccc(CN)c2)c(CO)nc1-c1cccc(Cl)c1.Cc1nc(-c2cccc(CN)c2)c(CO)nc1-c1cccc(Cl)c1F.Cc1nc(-c2cccc(CN)c2)c(CO)nc1-c1cncc(Cl)c1. The molecule has 0 fully saturated rings. The second-order valence-corrected chi connectivity index (χ2v) is 30.3. The van der Waals surface area contributed by atoms with Crippen molar-refractivity contribution in [3.8, 4) is 113 Å². The van der Waals surface area contributed by atoms with E-state index in [-0.39, 0.29) is 60.8 Å². The molecule has 29 heteroatoms. The maximum Gasteiger partial charge on any atom is 0.253 e. The first-order chi connectivity index (χ1) is 60.7. The van der Waals surface area contributed by atoms with Crippen LogP contribution in [0.1, 0.15) is 95.1 Å². The number of aliphatic hydroxyl groups is 5. The maximum absolute atomic E-state index is 14.3. The van der Waals surface area contributed by atoms with Crippen molar-refractivity contribution < 1.29 is 43.5 Å². The zero-order valence-electron chi connectivity index (χ0n) is 70.1. The molecule has 0 aliphatic rings. The van der Waals surface area contributed by atoms with E-state index in [1.165, 1.54) is 17.0 Å². The number of carbonyl (C=O) groups is 1. The summed E-state index contributed by atoms with van der Waals surface area (Å²) in [6, 6.07) is 62.9. The molecule has 23 nitrogen and oxygen atoms in total. The zero-order chi connectivity index (χ0) is 90.4. The normalized spacial score (nSPS) is 10.8. The van der Waals surface area contributed by atoms with Crippen molar-refractivity contribution >= 4 is 40.7 Å². The molecule has 15 N–H and O–H groups in total. The minimum Gasteiger partial charge on any atom is -0.390 e. The molecule has 15 aromatic rings. The number of nitrogens with two attached hydrogens (primary N) is 5. The average molecular weight is 1760 g/mol. The minimum absolute atomic E-state index is 0.0176. The van der Waals surface area contributed by atoms with E-state index < -0.39 is 17.5 Å². The number of hydrogen-bond acceptors (Lipinski definition) is 22. The first-order valence-corrected chi connectivity index (χ1v) is 40.9. The van der Waals surface area contributed by atoms with Crippen molar-refractivity contribution in [3.05, 3.63) is 348 Å². The molecule has 0 atom stereocenters. The van der Waals surface area contributed by atoms with E-state index in [1.807, 2.05) is 178 Å². The highest BCUT2D eigenvalue weighted by atomic mass is 35.5. The number of carbonyl (C=O) groups excluding carboxylic acids is 1. The lowest BCUT2D eigenvalue weighted by Crippen LogP contribution is -2.21. The van der Waals surface area contributed by atoms with Gasteiger partial charge >= 0.3 is 0 Å². The number of aromatic nitrogens is 11. The molecular formula is C97H93Cl3F3N17O6. The van der Waals surface area contributed by atoms with Crippen LogP contribution in [0, 0.1) is 52.1 Å². The second kappa shape index (κ2) is 44.2. The molecule has 0 radical (unpaired) electrons. The van der Waals surface area contributed by atoms with Crippen LogP contribution in [0.4, 0.5) is 13.2 Å². The fraction of sp³-hybridized carbons (Fsp3) is 0.175. The Balaban J connectivity index is 0.000000153. The van der Waals surface area contributed by atoms with Crippen LogP contribution in [0.25, 0.3) is 113 Å². The number of pyridine rings is 1. The molecular weight excluding hydrogens is 1660 g/mol. The van der Waals surface area contributed by atoms with Crippen molar-refractivity contribution in [3.63, 3.8) is 0 Å². The average Bonchev–Trinajstić information content (AvgIpc) is 0.804. The highest BCUT2D eigenvalue weighted by Crippen LogP contribution is 2.37. The molecule has 0 saturated carbocycles. The van der Waals surface area contributed by atoms with Crippen LogP contribution >= 0.6 is 34.8 Å². The number of nitrogens with zero attached hydrogens (tertiary/aromatic N) is 12. The van der Waals surface area contributed by atoms with Crippen LogP contribution in [0.2, 0.25) is 15.1 Å². The third-order valence-electron chi connectivity index (χ3n) is 19.9. The number of benzene rings is 9. The summed E-state index contributed by atoms with van der Waals surface area (Å²) in [6.45, 7) is 9.91. The molecule has 15 rings (SSSR count). The topological polar surface area (TPSA) is 393 Å². The summed E-state index contributed by atoms with van der Waals surface area (Å²) in [4.78, 5) is 63.8. The molecule has 6 heterocycles. The smallest absolute Gasteiger partial charge is 0.253 e. The Hall–Kier alpha value is -12.7. The van der Waals surface area contributed by atoms with Gasteiger partial charge in [-0.05, 0) is 147 Å². The summed E-state index contributed by atoms with van der Waals surface area (Å²) in [5, 5.41) is 50.0. The van der Waals surface area contributed by atoms with Crippen molar-refractivity contribution in [2.75, 3.05) is 14.1 Å². The van der Waals surface area contributed by atoms with E-state index in [0.29, 0.717) is 134 Å². The van der Waals surface area contributed by atoms with Crippen LogP contribution < -0.4 is 28.7 Å². The van der Waals surface area contributed by atoms with Gasteiger partial charge in [-0.1, -0.05) is 156 Å². The Bertz CT molecular complexity index is 6270. The van der Waals surface area contributed by atoms with Crippen molar-refractivity contribution in [1.29, 1.82) is 0 Å². The molecule has 0 spiro atoms. The zero-order valence-corrected chi connectivity index (χ0v) is 72.4. The Morgan fingerprint density at radius 2 is 0.635 bits per heavy atom. The predicted octanol–water partition coefficient (Wildman–Crippen LogP) is 16.8. The summed E-state index contributed by atoms with van der Waals surface area (Å²) in [6.07, 6.45) is 3.24. The molecule has 0 aliphatic carbocycles. The summed E-state index contributed by atoms with van der Waals surface area (Å²) < 4.78 is 41.6. The molecule has 0 saturated heterocycles.